The van der Waals surface area contributed by atoms with Crippen molar-refractivity contribution >= 4 is 23.4 Å². The van der Waals surface area contributed by atoms with Crippen LogP contribution in [0.4, 0.5) is 10.1 Å². The third-order valence-corrected chi connectivity index (χ3v) is 4.87. The lowest BCUT2D eigenvalue weighted by atomic mass is 10.1. The Balaban J connectivity index is 1.77. The standard InChI is InChI=1S/C18H18FN5OS/c1-11-6-4-7-12(2)16(11)24-18(21-22-23-24)26-13(3)17(25)20-15-9-5-8-14(19)10-15/h4-10,13H,1-3H3,(H,20,25). The number of para-hydroxylation sites is 1. The van der Waals surface area contributed by atoms with Crippen molar-refractivity contribution in [1.82, 2.24) is 20.2 Å². The number of benzene rings is 2. The van der Waals surface area contributed by atoms with Crippen LogP contribution in [-0.4, -0.2) is 31.4 Å². The van der Waals surface area contributed by atoms with E-state index >= 15 is 0 Å². The van der Waals surface area contributed by atoms with Gasteiger partial charge in [0, 0.05) is 5.69 Å². The Kier molecular flexibility index (Phi) is 5.32. The fourth-order valence-corrected chi connectivity index (χ4v) is 3.35. The van der Waals surface area contributed by atoms with E-state index in [1.54, 1.807) is 23.7 Å². The number of thioether (sulfide) groups is 1. The molecule has 6 nitrogen and oxygen atoms in total. The predicted molar refractivity (Wildman–Crippen MR) is 99.0 cm³/mol. The van der Waals surface area contributed by atoms with Crippen molar-refractivity contribution in [3.8, 4) is 5.69 Å². The number of hydrogen-bond acceptors (Lipinski definition) is 5. The zero-order valence-corrected chi connectivity index (χ0v) is 15.4. The molecule has 1 aromatic heterocycles. The smallest absolute Gasteiger partial charge is 0.237 e. The number of hydrogen-bond donors (Lipinski definition) is 1. The van der Waals surface area contributed by atoms with Crippen molar-refractivity contribution in [2.24, 2.45) is 0 Å². The number of nitrogens with zero attached hydrogens (tertiary/aromatic N) is 4. The molecule has 0 aliphatic rings. The van der Waals surface area contributed by atoms with Crippen LogP contribution in [0.3, 0.4) is 0 Å². The van der Waals surface area contributed by atoms with Crippen LogP contribution in [0.5, 0.6) is 0 Å². The van der Waals surface area contributed by atoms with Gasteiger partial charge in [0.05, 0.1) is 10.9 Å². The van der Waals surface area contributed by atoms with Gasteiger partial charge in [0.1, 0.15) is 5.82 Å². The summed E-state index contributed by atoms with van der Waals surface area (Å²) in [4.78, 5) is 12.4. The average Bonchev–Trinajstić information content (AvgIpc) is 3.02. The fraction of sp³-hybridized carbons (Fsp3) is 0.222. The van der Waals surface area contributed by atoms with Gasteiger partial charge < -0.3 is 5.32 Å². The van der Waals surface area contributed by atoms with Gasteiger partial charge in [0.15, 0.2) is 0 Å². The molecule has 134 valence electrons. The molecule has 0 bridgehead atoms. The minimum atomic E-state index is -0.465. The van der Waals surface area contributed by atoms with Gasteiger partial charge in [-0.05, 0) is 60.5 Å². The minimum absolute atomic E-state index is 0.253. The Labute approximate surface area is 154 Å². The average molecular weight is 371 g/mol. The highest BCUT2D eigenvalue weighted by Gasteiger charge is 2.20. The Morgan fingerprint density at radius 1 is 1.19 bits per heavy atom. The van der Waals surface area contributed by atoms with Crippen LogP contribution >= 0.6 is 11.8 Å². The molecule has 1 unspecified atom stereocenters. The molecule has 0 aliphatic heterocycles. The Morgan fingerprint density at radius 2 is 1.88 bits per heavy atom. The predicted octanol–water partition coefficient (Wildman–Crippen LogP) is 3.54. The third kappa shape index (κ3) is 3.91. The summed E-state index contributed by atoms with van der Waals surface area (Å²) in [6.45, 7) is 5.72. The summed E-state index contributed by atoms with van der Waals surface area (Å²) in [5.74, 6) is -0.654. The number of anilines is 1. The lowest BCUT2D eigenvalue weighted by molar-refractivity contribution is -0.115. The van der Waals surface area contributed by atoms with E-state index in [0.717, 1.165) is 16.8 Å². The van der Waals surface area contributed by atoms with Crippen LogP contribution in [0, 0.1) is 19.7 Å². The number of carbonyl (C=O) groups excluding carboxylic acids is 1. The molecule has 0 aliphatic carbocycles. The van der Waals surface area contributed by atoms with E-state index in [1.165, 1.54) is 23.9 Å². The zero-order chi connectivity index (χ0) is 18.7. The third-order valence-electron chi connectivity index (χ3n) is 3.84. The fourth-order valence-electron chi connectivity index (χ4n) is 2.55. The van der Waals surface area contributed by atoms with E-state index < -0.39 is 11.1 Å². The Bertz CT molecular complexity index is 923. The lowest BCUT2D eigenvalue weighted by Crippen LogP contribution is -2.23. The summed E-state index contributed by atoms with van der Waals surface area (Å²) >= 11 is 1.24. The molecule has 2 aromatic carbocycles. The van der Waals surface area contributed by atoms with E-state index in [4.69, 9.17) is 0 Å². The SMILES string of the molecule is Cc1cccc(C)c1-n1nnnc1SC(C)C(=O)Nc1cccc(F)c1. The van der Waals surface area contributed by atoms with Gasteiger partial charge in [-0.3, -0.25) is 4.79 Å². The van der Waals surface area contributed by atoms with E-state index in [-0.39, 0.29) is 5.91 Å². The van der Waals surface area contributed by atoms with Gasteiger partial charge in [0.25, 0.3) is 0 Å². The van der Waals surface area contributed by atoms with Crippen molar-refractivity contribution in [2.75, 3.05) is 5.32 Å². The first kappa shape index (κ1) is 18.1. The highest BCUT2D eigenvalue weighted by molar-refractivity contribution is 8.00. The first-order valence-corrected chi connectivity index (χ1v) is 8.91. The number of amides is 1. The quantitative estimate of drug-likeness (QED) is 0.695. The molecule has 1 amide bonds. The number of nitrogens with one attached hydrogen (secondary N) is 1. The monoisotopic (exact) mass is 371 g/mol. The largest absolute Gasteiger partial charge is 0.325 e. The Morgan fingerprint density at radius 3 is 2.58 bits per heavy atom. The number of aromatic nitrogens is 4. The molecule has 1 N–H and O–H groups in total. The topological polar surface area (TPSA) is 72.7 Å². The van der Waals surface area contributed by atoms with Crippen molar-refractivity contribution < 1.29 is 9.18 Å². The molecular weight excluding hydrogens is 353 g/mol. The molecule has 1 heterocycles. The Hall–Kier alpha value is -2.74. The summed E-state index contributed by atoms with van der Waals surface area (Å²) in [7, 11) is 0. The number of tetrazole rings is 1. The maximum Gasteiger partial charge on any atom is 0.237 e. The molecular formula is C18H18FN5OS. The van der Waals surface area contributed by atoms with Gasteiger partial charge in [0.2, 0.25) is 11.1 Å². The van der Waals surface area contributed by atoms with Gasteiger partial charge >= 0.3 is 0 Å². The van der Waals surface area contributed by atoms with Gasteiger partial charge in [-0.25, -0.2) is 4.39 Å². The molecule has 0 saturated carbocycles. The maximum atomic E-state index is 13.3. The molecule has 26 heavy (non-hydrogen) atoms. The second kappa shape index (κ2) is 7.65. The molecule has 0 spiro atoms. The van der Waals surface area contributed by atoms with Crippen molar-refractivity contribution in [2.45, 2.75) is 31.2 Å². The van der Waals surface area contributed by atoms with E-state index in [1.807, 2.05) is 32.0 Å². The second-order valence-electron chi connectivity index (χ2n) is 5.87. The van der Waals surface area contributed by atoms with Gasteiger partial charge in [-0.15, -0.1) is 5.10 Å². The van der Waals surface area contributed by atoms with E-state index in [9.17, 15) is 9.18 Å². The molecule has 8 heteroatoms. The minimum Gasteiger partial charge on any atom is -0.325 e. The van der Waals surface area contributed by atoms with E-state index in [0.29, 0.717) is 10.8 Å². The maximum absolute atomic E-state index is 13.3. The summed E-state index contributed by atoms with van der Waals surface area (Å²) in [5.41, 5.74) is 3.39. The molecule has 3 rings (SSSR count). The van der Waals surface area contributed by atoms with Crippen molar-refractivity contribution in [1.29, 1.82) is 0 Å². The van der Waals surface area contributed by atoms with Crippen molar-refractivity contribution in [3.63, 3.8) is 0 Å². The summed E-state index contributed by atoms with van der Waals surface area (Å²) in [6, 6.07) is 11.7. The summed E-state index contributed by atoms with van der Waals surface area (Å²) in [5, 5.41) is 14.6. The summed E-state index contributed by atoms with van der Waals surface area (Å²) < 4.78 is 14.9. The van der Waals surface area contributed by atoms with E-state index in [2.05, 4.69) is 20.8 Å². The number of carbonyl (C=O) groups is 1. The molecule has 0 radical (unpaired) electrons. The van der Waals surface area contributed by atoms with Crippen molar-refractivity contribution in [3.05, 3.63) is 59.4 Å². The summed E-state index contributed by atoms with van der Waals surface area (Å²) in [6.07, 6.45) is 0. The van der Waals surface area contributed by atoms with Crippen LogP contribution < -0.4 is 5.32 Å². The normalized spacial score (nSPS) is 12.0. The van der Waals surface area contributed by atoms with Crippen LogP contribution in [0.1, 0.15) is 18.1 Å². The molecule has 1 atom stereocenters. The van der Waals surface area contributed by atoms with Crippen LogP contribution in [0.25, 0.3) is 5.69 Å². The number of halogens is 1. The number of aryl methyl sites for hydroxylation is 2. The first-order chi connectivity index (χ1) is 12.5. The zero-order valence-electron chi connectivity index (χ0n) is 14.6. The van der Waals surface area contributed by atoms with Crippen LogP contribution in [0.15, 0.2) is 47.6 Å². The van der Waals surface area contributed by atoms with Crippen LogP contribution in [-0.2, 0) is 4.79 Å². The molecule has 3 aromatic rings. The molecule has 0 fully saturated rings. The van der Waals surface area contributed by atoms with Gasteiger partial charge in [-0.1, -0.05) is 36.0 Å². The van der Waals surface area contributed by atoms with Crippen LogP contribution in [0.2, 0.25) is 0 Å². The second-order valence-corrected chi connectivity index (χ2v) is 7.18. The van der Waals surface area contributed by atoms with Gasteiger partial charge in [-0.2, -0.15) is 4.68 Å². The first-order valence-electron chi connectivity index (χ1n) is 8.04. The highest BCUT2D eigenvalue weighted by Crippen LogP contribution is 2.26. The highest BCUT2D eigenvalue weighted by atomic mass is 32.2. The number of rotatable bonds is 5. The lowest BCUT2D eigenvalue weighted by Gasteiger charge is -2.13. The molecule has 0 saturated heterocycles.